The van der Waals surface area contributed by atoms with Gasteiger partial charge in [-0.1, -0.05) is 17.7 Å². The predicted octanol–water partition coefficient (Wildman–Crippen LogP) is 2.76. The first-order valence-electron chi connectivity index (χ1n) is 4.59. The second-order valence-corrected chi connectivity index (χ2v) is 4.76. The number of nitrogens with one attached hydrogen (secondary N) is 1. The van der Waals surface area contributed by atoms with Gasteiger partial charge in [0.05, 0.1) is 0 Å². The molecule has 0 atom stereocenters. The monoisotopic (exact) mass is 195 g/mol. The standard InChI is InChI=1S/C11H14ClN/c1-11(2)6-9-5-10(12)4-3-8(9)7-13-11/h3-5,13H,6-7H2,1-2H3. The van der Waals surface area contributed by atoms with Gasteiger partial charge >= 0.3 is 0 Å². The quantitative estimate of drug-likeness (QED) is 0.672. The highest BCUT2D eigenvalue weighted by Crippen LogP contribution is 2.25. The lowest BCUT2D eigenvalue weighted by molar-refractivity contribution is 0.362. The average Bonchev–Trinajstić information content (AvgIpc) is 2.01. The van der Waals surface area contributed by atoms with E-state index in [1.54, 1.807) is 0 Å². The topological polar surface area (TPSA) is 12.0 Å². The summed E-state index contributed by atoms with van der Waals surface area (Å²) < 4.78 is 0. The molecule has 1 aromatic rings. The molecule has 2 rings (SSSR count). The Bertz CT molecular complexity index is 331. The molecule has 0 unspecified atom stereocenters. The third-order valence-electron chi connectivity index (χ3n) is 2.56. The number of benzene rings is 1. The number of hydrogen-bond donors (Lipinski definition) is 1. The highest BCUT2D eigenvalue weighted by Gasteiger charge is 2.23. The zero-order chi connectivity index (χ0) is 9.47. The van der Waals surface area contributed by atoms with Crippen molar-refractivity contribution in [3.8, 4) is 0 Å². The fourth-order valence-electron chi connectivity index (χ4n) is 1.80. The second kappa shape index (κ2) is 3.00. The molecule has 0 aromatic heterocycles. The van der Waals surface area contributed by atoms with Gasteiger partial charge < -0.3 is 5.32 Å². The molecule has 2 heteroatoms. The number of halogens is 1. The number of fused-ring (bicyclic) bond motifs is 1. The summed E-state index contributed by atoms with van der Waals surface area (Å²) in [6.07, 6.45) is 1.06. The molecule has 13 heavy (non-hydrogen) atoms. The van der Waals surface area contributed by atoms with Crippen LogP contribution >= 0.6 is 11.6 Å². The van der Waals surface area contributed by atoms with E-state index in [9.17, 15) is 0 Å². The zero-order valence-electron chi connectivity index (χ0n) is 8.02. The largest absolute Gasteiger partial charge is 0.307 e. The van der Waals surface area contributed by atoms with E-state index in [0.29, 0.717) is 0 Å². The number of rotatable bonds is 0. The summed E-state index contributed by atoms with van der Waals surface area (Å²) in [6, 6.07) is 6.15. The molecular formula is C11H14ClN. The van der Waals surface area contributed by atoms with Crippen LogP contribution < -0.4 is 5.32 Å². The summed E-state index contributed by atoms with van der Waals surface area (Å²) in [5.74, 6) is 0. The van der Waals surface area contributed by atoms with Crippen LogP contribution in [-0.2, 0) is 13.0 Å². The number of hydrogen-bond acceptors (Lipinski definition) is 1. The third kappa shape index (κ3) is 1.87. The van der Waals surface area contributed by atoms with E-state index >= 15 is 0 Å². The maximum absolute atomic E-state index is 5.95. The van der Waals surface area contributed by atoms with Gasteiger partial charge in [0.1, 0.15) is 0 Å². The summed E-state index contributed by atoms with van der Waals surface area (Å²) in [4.78, 5) is 0. The third-order valence-corrected chi connectivity index (χ3v) is 2.79. The van der Waals surface area contributed by atoms with Crippen molar-refractivity contribution in [3.05, 3.63) is 34.3 Å². The Morgan fingerprint density at radius 3 is 2.85 bits per heavy atom. The Labute approximate surface area is 84.1 Å². The van der Waals surface area contributed by atoms with Gasteiger partial charge in [-0.15, -0.1) is 0 Å². The zero-order valence-corrected chi connectivity index (χ0v) is 8.78. The van der Waals surface area contributed by atoms with Gasteiger partial charge in [-0.3, -0.25) is 0 Å². The van der Waals surface area contributed by atoms with E-state index in [1.165, 1.54) is 11.1 Å². The van der Waals surface area contributed by atoms with Crippen LogP contribution in [0, 0.1) is 0 Å². The minimum Gasteiger partial charge on any atom is -0.307 e. The first kappa shape index (κ1) is 9.04. The van der Waals surface area contributed by atoms with Crippen LogP contribution in [0.15, 0.2) is 18.2 Å². The lowest BCUT2D eigenvalue weighted by atomic mass is 9.88. The Balaban J connectivity index is 2.38. The second-order valence-electron chi connectivity index (χ2n) is 4.33. The van der Waals surface area contributed by atoms with E-state index in [0.717, 1.165) is 18.0 Å². The molecule has 70 valence electrons. The lowest BCUT2D eigenvalue weighted by Crippen LogP contribution is -2.44. The van der Waals surface area contributed by atoms with Crippen molar-refractivity contribution in [2.45, 2.75) is 32.4 Å². The van der Waals surface area contributed by atoms with E-state index in [4.69, 9.17) is 11.6 Å². The van der Waals surface area contributed by atoms with Gasteiger partial charge in [-0.2, -0.15) is 0 Å². The molecule has 1 aliphatic heterocycles. The maximum Gasteiger partial charge on any atom is 0.0408 e. The highest BCUT2D eigenvalue weighted by atomic mass is 35.5. The Morgan fingerprint density at radius 2 is 2.08 bits per heavy atom. The van der Waals surface area contributed by atoms with Gasteiger partial charge in [-0.25, -0.2) is 0 Å². The molecule has 0 aliphatic carbocycles. The summed E-state index contributed by atoms with van der Waals surface area (Å²) in [5, 5.41) is 4.33. The van der Waals surface area contributed by atoms with Crippen molar-refractivity contribution < 1.29 is 0 Å². The lowest BCUT2D eigenvalue weighted by Gasteiger charge is -2.32. The van der Waals surface area contributed by atoms with Crippen LogP contribution in [0.2, 0.25) is 5.02 Å². The minimum atomic E-state index is 0.206. The molecule has 0 bridgehead atoms. The van der Waals surface area contributed by atoms with E-state index in [1.807, 2.05) is 6.07 Å². The Kier molecular flexibility index (Phi) is 2.09. The van der Waals surface area contributed by atoms with Crippen molar-refractivity contribution >= 4 is 11.6 Å². The maximum atomic E-state index is 5.95. The fourth-order valence-corrected chi connectivity index (χ4v) is 2.00. The van der Waals surface area contributed by atoms with Crippen molar-refractivity contribution in [3.63, 3.8) is 0 Å². The van der Waals surface area contributed by atoms with Gasteiger partial charge in [0.15, 0.2) is 0 Å². The molecule has 1 aromatic carbocycles. The molecule has 0 spiro atoms. The first-order chi connectivity index (χ1) is 6.07. The minimum absolute atomic E-state index is 0.206. The Hall–Kier alpha value is -0.530. The molecular weight excluding hydrogens is 182 g/mol. The van der Waals surface area contributed by atoms with Gasteiger partial charge in [-0.05, 0) is 43.5 Å². The molecule has 0 radical (unpaired) electrons. The van der Waals surface area contributed by atoms with Gasteiger partial charge in [0, 0.05) is 17.1 Å². The molecule has 1 N–H and O–H groups in total. The van der Waals surface area contributed by atoms with Crippen LogP contribution in [0.5, 0.6) is 0 Å². The smallest absolute Gasteiger partial charge is 0.0408 e. The summed E-state index contributed by atoms with van der Waals surface area (Å²) in [6.45, 7) is 5.40. The molecule has 0 amide bonds. The van der Waals surface area contributed by atoms with Crippen molar-refractivity contribution in [1.82, 2.24) is 5.32 Å². The fraction of sp³-hybridized carbons (Fsp3) is 0.455. The first-order valence-corrected chi connectivity index (χ1v) is 4.97. The SMILES string of the molecule is CC1(C)Cc2cc(Cl)ccc2CN1. The predicted molar refractivity (Wildman–Crippen MR) is 56.1 cm³/mol. The summed E-state index contributed by atoms with van der Waals surface area (Å²) in [7, 11) is 0. The molecule has 0 saturated heterocycles. The van der Waals surface area contributed by atoms with E-state index in [-0.39, 0.29) is 5.54 Å². The Morgan fingerprint density at radius 1 is 1.31 bits per heavy atom. The van der Waals surface area contributed by atoms with Crippen LogP contribution in [0.3, 0.4) is 0 Å². The highest BCUT2D eigenvalue weighted by molar-refractivity contribution is 6.30. The molecule has 0 fully saturated rings. The molecule has 1 heterocycles. The van der Waals surface area contributed by atoms with Crippen LogP contribution in [0.1, 0.15) is 25.0 Å². The van der Waals surface area contributed by atoms with Gasteiger partial charge in [0.2, 0.25) is 0 Å². The van der Waals surface area contributed by atoms with Crippen LogP contribution in [-0.4, -0.2) is 5.54 Å². The van der Waals surface area contributed by atoms with Crippen molar-refractivity contribution in [2.24, 2.45) is 0 Å². The van der Waals surface area contributed by atoms with Gasteiger partial charge in [0.25, 0.3) is 0 Å². The molecule has 1 nitrogen and oxygen atoms in total. The molecule has 0 saturated carbocycles. The van der Waals surface area contributed by atoms with Crippen LogP contribution in [0.4, 0.5) is 0 Å². The average molecular weight is 196 g/mol. The molecule has 1 aliphatic rings. The van der Waals surface area contributed by atoms with E-state index in [2.05, 4.69) is 31.3 Å². The van der Waals surface area contributed by atoms with Crippen LogP contribution in [0.25, 0.3) is 0 Å². The van der Waals surface area contributed by atoms with E-state index < -0.39 is 0 Å². The summed E-state index contributed by atoms with van der Waals surface area (Å²) in [5.41, 5.74) is 2.97. The normalized spacial score (nSPS) is 19.6. The van der Waals surface area contributed by atoms with Crippen molar-refractivity contribution in [1.29, 1.82) is 0 Å². The summed E-state index contributed by atoms with van der Waals surface area (Å²) >= 11 is 5.95. The van der Waals surface area contributed by atoms with Crippen molar-refractivity contribution in [2.75, 3.05) is 0 Å².